The van der Waals surface area contributed by atoms with Crippen molar-refractivity contribution in [3.05, 3.63) is 118 Å². The van der Waals surface area contributed by atoms with Crippen molar-refractivity contribution in [1.82, 2.24) is 4.98 Å². The second-order valence-electron chi connectivity index (χ2n) is 10.3. The van der Waals surface area contributed by atoms with Crippen LogP contribution in [0.4, 0.5) is 0 Å². The fraction of sp³-hybridized carbons (Fsp3) is 0.294. The number of Topliss-reactive ketones (excluding diaryl/α,β-unsaturated/α-hetero) is 1. The zero-order valence-corrected chi connectivity index (χ0v) is 22.2. The highest BCUT2D eigenvalue weighted by Gasteiger charge is 2.26. The molecule has 0 aliphatic heterocycles. The number of aryl methyl sites for hydroxylation is 1. The van der Waals surface area contributed by atoms with Crippen LogP contribution in [-0.4, -0.2) is 23.6 Å². The van der Waals surface area contributed by atoms with E-state index in [4.69, 9.17) is 10.1 Å². The van der Waals surface area contributed by atoms with Crippen LogP contribution < -0.4 is 4.74 Å². The van der Waals surface area contributed by atoms with Gasteiger partial charge in [0.2, 0.25) is 11.7 Å². The third-order valence-corrected chi connectivity index (χ3v) is 7.69. The summed E-state index contributed by atoms with van der Waals surface area (Å²) in [5.41, 5.74) is 13.1. The van der Waals surface area contributed by atoms with E-state index in [0.717, 1.165) is 49.7 Å². The van der Waals surface area contributed by atoms with Gasteiger partial charge < -0.3 is 10.1 Å². The van der Waals surface area contributed by atoms with Gasteiger partial charge in [0.1, 0.15) is 0 Å². The van der Waals surface area contributed by atoms with Crippen molar-refractivity contribution in [2.45, 2.75) is 51.9 Å². The first-order valence-corrected chi connectivity index (χ1v) is 13.5. The van der Waals surface area contributed by atoms with Crippen LogP contribution in [0.25, 0.3) is 5.57 Å². The minimum atomic E-state index is -0.133. The van der Waals surface area contributed by atoms with Gasteiger partial charge in [0.15, 0.2) is 0 Å². The Balaban J connectivity index is 1.26. The summed E-state index contributed by atoms with van der Waals surface area (Å²) >= 11 is 0. The van der Waals surface area contributed by atoms with Crippen LogP contribution in [0.5, 0.6) is 5.88 Å². The molecule has 192 valence electrons. The molecule has 1 N–H and O–H groups in total. The molecule has 1 heterocycles. The van der Waals surface area contributed by atoms with Crippen LogP contribution >= 0.6 is 0 Å². The minimum Gasteiger partial charge on any atom is -0.481 e. The van der Waals surface area contributed by atoms with E-state index in [1.54, 1.807) is 19.4 Å². The normalized spacial score (nSPS) is 20.4. The van der Waals surface area contributed by atoms with Crippen LogP contribution in [0.2, 0.25) is 0 Å². The summed E-state index contributed by atoms with van der Waals surface area (Å²) in [6, 6.07) is 12.4. The number of allylic oxidation sites excluding steroid dienone is 9. The van der Waals surface area contributed by atoms with Gasteiger partial charge in [0, 0.05) is 18.7 Å². The standard InChI is InChI=1S/C34H34N2O2/c1-23-13-16-25(17-14-23)29-20-28-7-3-4-12-30(31(28)21-29)26-8-5-10-27(11-6-9-26)34(37)32(35)19-24-15-18-33(38-2)36-22-24/h4,7,10,12-18,21-22,26,35H,5-6,8-9,11,19-20H2,1-2H3/b27-10-,35-32?. The molecule has 0 amide bonds. The van der Waals surface area contributed by atoms with Crippen LogP contribution in [0.3, 0.4) is 0 Å². The Morgan fingerprint density at radius 2 is 2.00 bits per heavy atom. The summed E-state index contributed by atoms with van der Waals surface area (Å²) in [6.07, 6.45) is 18.3. The molecule has 3 aliphatic carbocycles. The van der Waals surface area contributed by atoms with E-state index in [2.05, 4.69) is 66.2 Å². The lowest BCUT2D eigenvalue weighted by Gasteiger charge is -2.23. The number of hydrogen-bond donors (Lipinski definition) is 1. The summed E-state index contributed by atoms with van der Waals surface area (Å²) in [5.74, 6) is 0.837. The zero-order valence-electron chi connectivity index (χ0n) is 22.2. The summed E-state index contributed by atoms with van der Waals surface area (Å²) in [5, 5.41) is 8.41. The number of aromatic nitrogens is 1. The monoisotopic (exact) mass is 502 g/mol. The first kappa shape index (κ1) is 25.6. The molecule has 0 fully saturated rings. The van der Waals surface area contributed by atoms with Gasteiger partial charge in [-0.1, -0.05) is 54.1 Å². The topological polar surface area (TPSA) is 63.0 Å². The van der Waals surface area contributed by atoms with Crippen molar-refractivity contribution in [2.24, 2.45) is 5.92 Å². The van der Waals surface area contributed by atoms with E-state index in [1.165, 1.54) is 33.4 Å². The number of carbonyl (C=O) groups is 1. The van der Waals surface area contributed by atoms with E-state index in [1.807, 2.05) is 12.1 Å². The molecular formula is C34H34N2O2. The lowest BCUT2D eigenvalue weighted by atomic mass is 9.81. The van der Waals surface area contributed by atoms with Crippen LogP contribution in [0.1, 0.15) is 55.2 Å². The molecular weight excluding hydrogens is 468 g/mol. The average molecular weight is 503 g/mol. The maximum Gasteiger partial charge on any atom is 0.212 e. The third-order valence-electron chi connectivity index (χ3n) is 7.69. The molecule has 0 saturated heterocycles. The summed E-state index contributed by atoms with van der Waals surface area (Å²) in [6.45, 7) is 2.12. The fourth-order valence-electron chi connectivity index (χ4n) is 5.58. The molecule has 0 bridgehead atoms. The van der Waals surface area contributed by atoms with Gasteiger partial charge in [-0.3, -0.25) is 4.79 Å². The predicted octanol–water partition coefficient (Wildman–Crippen LogP) is 7.47. The molecule has 4 nitrogen and oxygen atoms in total. The predicted molar refractivity (Wildman–Crippen MR) is 153 cm³/mol. The Bertz CT molecular complexity index is 1430. The van der Waals surface area contributed by atoms with Crippen LogP contribution in [-0.2, 0) is 11.2 Å². The summed E-state index contributed by atoms with van der Waals surface area (Å²) < 4.78 is 5.10. The molecule has 1 aromatic carbocycles. The molecule has 38 heavy (non-hydrogen) atoms. The largest absolute Gasteiger partial charge is 0.481 e. The number of nitrogens with one attached hydrogen (secondary N) is 1. The summed E-state index contributed by atoms with van der Waals surface area (Å²) in [7, 11) is 1.57. The van der Waals surface area contributed by atoms with Gasteiger partial charge in [0.05, 0.1) is 12.8 Å². The number of hydrogen-bond acceptors (Lipinski definition) is 4. The number of rotatable bonds is 7. The summed E-state index contributed by atoms with van der Waals surface area (Å²) in [4.78, 5) is 17.3. The van der Waals surface area contributed by atoms with E-state index in [9.17, 15) is 4.79 Å². The van der Waals surface area contributed by atoms with E-state index < -0.39 is 0 Å². The highest BCUT2D eigenvalue weighted by Crippen LogP contribution is 2.42. The van der Waals surface area contributed by atoms with Crippen molar-refractivity contribution in [3.63, 3.8) is 0 Å². The third kappa shape index (κ3) is 5.77. The Morgan fingerprint density at radius 3 is 2.76 bits per heavy atom. The minimum absolute atomic E-state index is 0.123. The van der Waals surface area contributed by atoms with Crippen molar-refractivity contribution in [2.75, 3.05) is 7.11 Å². The highest BCUT2D eigenvalue weighted by atomic mass is 16.5. The van der Waals surface area contributed by atoms with Gasteiger partial charge in [0.25, 0.3) is 0 Å². The van der Waals surface area contributed by atoms with Crippen LogP contribution in [0, 0.1) is 18.3 Å². The number of pyridine rings is 1. The first-order valence-electron chi connectivity index (χ1n) is 13.5. The molecule has 1 unspecified atom stereocenters. The smallest absolute Gasteiger partial charge is 0.212 e. The molecule has 3 aliphatic rings. The first-order chi connectivity index (χ1) is 18.5. The molecule has 0 spiro atoms. The molecule has 2 aromatic rings. The number of carbonyl (C=O) groups excluding carboxylic acids is 1. The van der Waals surface area contributed by atoms with E-state index in [0.29, 0.717) is 11.8 Å². The second kappa shape index (κ2) is 11.6. The maximum atomic E-state index is 13.1. The van der Waals surface area contributed by atoms with Gasteiger partial charge in [-0.25, -0.2) is 4.98 Å². The molecule has 5 rings (SSSR count). The Morgan fingerprint density at radius 1 is 1.16 bits per heavy atom. The zero-order chi connectivity index (χ0) is 26.5. The molecule has 0 radical (unpaired) electrons. The second-order valence-corrected chi connectivity index (χ2v) is 10.3. The van der Waals surface area contributed by atoms with Crippen molar-refractivity contribution < 1.29 is 9.53 Å². The van der Waals surface area contributed by atoms with E-state index in [-0.39, 0.29) is 17.9 Å². The number of benzene rings is 1. The lowest BCUT2D eigenvalue weighted by molar-refractivity contribution is -0.110. The maximum absolute atomic E-state index is 13.1. The van der Waals surface area contributed by atoms with Crippen molar-refractivity contribution in [1.29, 1.82) is 5.41 Å². The number of nitrogens with zero attached hydrogens (tertiary/aromatic N) is 1. The average Bonchev–Trinajstić information content (AvgIpc) is 3.23. The van der Waals surface area contributed by atoms with Gasteiger partial charge in [-0.2, -0.15) is 0 Å². The Labute approximate surface area is 225 Å². The number of ether oxygens (including phenoxy) is 1. The quantitative estimate of drug-likeness (QED) is 0.315. The molecule has 4 heteroatoms. The number of methoxy groups -OCH3 is 1. The van der Waals surface area contributed by atoms with E-state index >= 15 is 0 Å². The van der Waals surface area contributed by atoms with Crippen LogP contribution in [0.15, 0.2) is 101 Å². The fourth-order valence-corrected chi connectivity index (χ4v) is 5.58. The number of ketones is 1. The van der Waals surface area contributed by atoms with Crippen molar-refractivity contribution >= 4 is 17.1 Å². The van der Waals surface area contributed by atoms with Gasteiger partial charge in [-0.15, -0.1) is 5.73 Å². The Hall–Kier alpha value is -4.01. The van der Waals surface area contributed by atoms with Gasteiger partial charge in [-0.05, 0) is 103 Å². The molecule has 1 atom stereocenters. The molecule has 0 saturated carbocycles. The SMILES string of the molecule is COc1ccc(CC(=N)C(=O)/C2=C\CCC(C3=CC=C=CC4=C3C=C(c3ccc(C)cc3)C4)CCC2)cn1. The van der Waals surface area contributed by atoms with Crippen molar-refractivity contribution in [3.8, 4) is 5.88 Å². The highest BCUT2D eigenvalue weighted by molar-refractivity contribution is 6.45. The lowest BCUT2D eigenvalue weighted by Crippen LogP contribution is -2.19. The molecule has 1 aromatic heterocycles. The van der Waals surface area contributed by atoms with Gasteiger partial charge >= 0.3 is 0 Å². The Kier molecular flexibility index (Phi) is 7.81.